The van der Waals surface area contributed by atoms with Gasteiger partial charge in [-0.2, -0.15) is 5.10 Å². The highest BCUT2D eigenvalue weighted by Gasteiger charge is 2.44. The van der Waals surface area contributed by atoms with Gasteiger partial charge in [-0.3, -0.25) is 14.6 Å². The molecule has 2 aromatic rings. The number of pyridine rings is 1. The van der Waals surface area contributed by atoms with Crippen molar-refractivity contribution in [2.24, 2.45) is 0 Å². The molecule has 1 spiro atoms. The van der Waals surface area contributed by atoms with Crippen LogP contribution in [0.25, 0.3) is 0 Å². The molecule has 1 amide bonds. The van der Waals surface area contributed by atoms with Crippen LogP contribution in [0.15, 0.2) is 41.5 Å². The summed E-state index contributed by atoms with van der Waals surface area (Å²) in [7, 11) is 0. The van der Waals surface area contributed by atoms with Crippen molar-refractivity contribution in [1.82, 2.24) is 19.7 Å². The maximum Gasteiger partial charge on any atom is 0.266 e. The lowest BCUT2D eigenvalue weighted by molar-refractivity contribution is -0.0883. The first kappa shape index (κ1) is 19.7. The second-order valence-corrected chi connectivity index (χ2v) is 7.68. The lowest BCUT2D eigenvalue weighted by Gasteiger charge is -2.32. The van der Waals surface area contributed by atoms with Gasteiger partial charge in [0.1, 0.15) is 5.60 Å². The van der Waals surface area contributed by atoms with Gasteiger partial charge in [-0.05, 0) is 37.5 Å². The quantitative estimate of drug-likeness (QED) is 0.771. The number of aromatic nitrogens is 3. The molecule has 2 fully saturated rings. The maximum atomic E-state index is 13.0. The van der Waals surface area contributed by atoms with E-state index in [-0.39, 0.29) is 17.6 Å². The first-order valence-electron chi connectivity index (χ1n) is 10.1. The predicted molar refractivity (Wildman–Crippen MR) is 106 cm³/mol. The van der Waals surface area contributed by atoms with Gasteiger partial charge in [-0.25, -0.2) is 4.68 Å². The SMILES string of the molecule is CCc1ccc(C(=O)N2CCOC[C@]3(CCC(Cn4ncccc4=O)O3)C2)cn1. The number of carbonyl (C=O) groups excluding carboxylic acids is 1. The van der Waals surface area contributed by atoms with Crippen LogP contribution in [0.5, 0.6) is 0 Å². The van der Waals surface area contributed by atoms with Crippen LogP contribution in [0.2, 0.25) is 0 Å². The van der Waals surface area contributed by atoms with E-state index in [9.17, 15) is 9.59 Å². The van der Waals surface area contributed by atoms with Crippen molar-refractivity contribution < 1.29 is 14.3 Å². The van der Waals surface area contributed by atoms with Crippen LogP contribution in [-0.2, 0) is 22.4 Å². The molecular formula is C21H26N4O4. The first-order chi connectivity index (χ1) is 14.1. The minimum absolute atomic E-state index is 0.0574. The fourth-order valence-electron chi connectivity index (χ4n) is 3.99. The number of rotatable bonds is 4. The average Bonchev–Trinajstić information content (AvgIpc) is 3.01. The van der Waals surface area contributed by atoms with E-state index in [0.29, 0.717) is 38.4 Å². The van der Waals surface area contributed by atoms with E-state index in [0.717, 1.165) is 25.0 Å². The number of hydrogen-bond donors (Lipinski definition) is 0. The molecule has 0 aromatic carbocycles. The summed E-state index contributed by atoms with van der Waals surface area (Å²) in [5.41, 5.74) is 0.846. The summed E-state index contributed by atoms with van der Waals surface area (Å²) >= 11 is 0. The van der Waals surface area contributed by atoms with Crippen molar-refractivity contribution in [3.05, 3.63) is 58.3 Å². The maximum absolute atomic E-state index is 13.0. The van der Waals surface area contributed by atoms with E-state index in [1.807, 2.05) is 19.1 Å². The Labute approximate surface area is 169 Å². The van der Waals surface area contributed by atoms with Gasteiger partial charge in [0.25, 0.3) is 11.5 Å². The molecule has 2 aliphatic heterocycles. The molecule has 0 aliphatic carbocycles. The van der Waals surface area contributed by atoms with Crippen molar-refractivity contribution in [3.63, 3.8) is 0 Å². The molecule has 2 aromatic heterocycles. The Kier molecular flexibility index (Phi) is 5.73. The summed E-state index contributed by atoms with van der Waals surface area (Å²) in [5.74, 6) is -0.0574. The molecule has 0 saturated carbocycles. The summed E-state index contributed by atoms with van der Waals surface area (Å²) in [5, 5.41) is 4.11. The van der Waals surface area contributed by atoms with Gasteiger partial charge in [0.15, 0.2) is 0 Å². The molecule has 8 heteroatoms. The molecule has 8 nitrogen and oxygen atoms in total. The topological polar surface area (TPSA) is 86.6 Å². The number of nitrogens with zero attached hydrogens (tertiary/aromatic N) is 4. The molecular weight excluding hydrogens is 372 g/mol. The smallest absolute Gasteiger partial charge is 0.266 e. The van der Waals surface area contributed by atoms with E-state index in [1.54, 1.807) is 23.4 Å². The lowest BCUT2D eigenvalue weighted by Crippen LogP contribution is -2.47. The van der Waals surface area contributed by atoms with E-state index >= 15 is 0 Å². The fraction of sp³-hybridized carbons (Fsp3) is 0.524. The van der Waals surface area contributed by atoms with Crippen molar-refractivity contribution in [2.45, 2.75) is 44.4 Å². The third kappa shape index (κ3) is 4.38. The zero-order valence-electron chi connectivity index (χ0n) is 16.6. The van der Waals surface area contributed by atoms with Crippen LogP contribution in [0, 0.1) is 0 Å². The Morgan fingerprint density at radius 1 is 1.34 bits per heavy atom. The minimum atomic E-state index is -0.550. The molecule has 2 saturated heterocycles. The standard InChI is InChI=1S/C21H26N4O4/c1-2-17-6-5-16(12-22-17)20(27)24-10-11-28-15-21(14-24)8-7-18(29-21)13-25-19(26)4-3-9-23-25/h3-6,9,12,18H,2,7-8,10-11,13-15H2,1H3/t18?,21-/m0/s1. The van der Waals surface area contributed by atoms with Crippen LogP contribution in [0.3, 0.4) is 0 Å². The number of aryl methyl sites for hydroxylation is 1. The van der Waals surface area contributed by atoms with Crippen molar-refractivity contribution in [2.75, 3.05) is 26.3 Å². The Morgan fingerprint density at radius 3 is 3.00 bits per heavy atom. The van der Waals surface area contributed by atoms with E-state index < -0.39 is 5.60 Å². The molecule has 2 atom stereocenters. The highest BCUT2D eigenvalue weighted by Crippen LogP contribution is 2.33. The normalized spacial score (nSPS) is 24.6. The zero-order chi connectivity index (χ0) is 20.3. The third-order valence-electron chi connectivity index (χ3n) is 5.57. The summed E-state index contributed by atoms with van der Waals surface area (Å²) in [6.07, 6.45) is 5.51. The minimum Gasteiger partial charge on any atom is -0.377 e. The zero-order valence-corrected chi connectivity index (χ0v) is 16.6. The summed E-state index contributed by atoms with van der Waals surface area (Å²) in [6.45, 7) is 4.34. The number of carbonyl (C=O) groups is 1. The van der Waals surface area contributed by atoms with Crippen LogP contribution in [0.4, 0.5) is 0 Å². The highest BCUT2D eigenvalue weighted by atomic mass is 16.6. The summed E-state index contributed by atoms with van der Waals surface area (Å²) in [6, 6.07) is 6.84. The molecule has 154 valence electrons. The van der Waals surface area contributed by atoms with Crippen LogP contribution < -0.4 is 5.56 Å². The third-order valence-corrected chi connectivity index (χ3v) is 5.57. The van der Waals surface area contributed by atoms with E-state index in [4.69, 9.17) is 9.47 Å². The van der Waals surface area contributed by atoms with Crippen molar-refractivity contribution in [3.8, 4) is 0 Å². The van der Waals surface area contributed by atoms with Crippen LogP contribution in [0.1, 0.15) is 35.8 Å². The van der Waals surface area contributed by atoms with Gasteiger partial charge in [0.2, 0.25) is 0 Å². The molecule has 0 bridgehead atoms. The van der Waals surface area contributed by atoms with Gasteiger partial charge in [0, 0.05) is 30.7 Å². The van der Waals surface area contributed by atoms with E-state index in [2.05, 4.69) is 10.1 Å². The Bertz CT molecular complexity index is 913. The second-order valence-electron chi connectivity index (χ2n) is 7.68. The summed E-state index contributed by atoms with van der Waals surface area (Å²) in [4.78, 5) is 31.1. The van der Waals surface area contributed by atoms with Crippen LogP contribution >= 0.6 is 0 Å². The van der Waals surface area contributed by atoms with Gasteiger partial charge < -0.3 is 14.4 Å². The van der Waals surface area contributed by atoms with Gasteiger partial charge in [-0.1, -0.05) is 6.92 Å². The first-order valence-corrected chi connectivity index (χ1v) is 10.1. The highest BCUT2D eigenvalue weighted by molar-refractivity contribution is 5.94. The molecule has 2 aliphatic rings. The molecule has 0 N–H and O–H groups in total. The van der Waals surface area contributed by atoms with Crippen LogP contribution in [-0.4, -0.2) is 63.6 Å². The monoisotopic (exact) mass is 398 g/mol. The lowest BCUT2D eigenvalue weighted by atomic mass is 9.99. The summed E-state index contributed by atoms with van der Waals surface area (Å²) < 4.78 is 13.6. The van der Waals surface area contributed by atoms with Gasteiger partial charge in [-0.15, -0.1) is 0 Å². The molecule has 0 radical (unpaired) electrons. The fourth-order valence-corrected chi connectivity index (χ4v) is 3.99. The van der Waals surface area contributed by atoms with Crippen molar-refractivity contribution >= 4 is 5.91 Å². The number of ether oxygens (including phenoxy) is 2. The second kappa shape index (κ2) is 8.42. The Balaban J connectivity index is 1.46. The molecule has 29 heavy (non-hydrogen) atoms. The number of amides is 1. The van der Waals surface area contributed by atoms with Gasteiger partial charge >= 0.3 is 0 Å². The largest absolute Gasteiger partial charge is 0.377 e. The molecule has 4 rings (SSSR count). The van der Waals surface area contributed by atoms with Crippen molar-refractivity contribution in [1.29, 1.82) is 0 Å². The van der Waals surface area contributed by atoms with E-state index in [1.165, 1.54) is 10.7 Å². The number of hydrogen-bond acceptors (Lipinski definition) is 6. The predicted octanol–water partition coefficient (Wildman–Crippen LogP) is 1.29. The Morgan fingerprint density at radius 2 is 2.24 bits per heavy atom. The average molecular weight is 398 g/mol. The molecule has 4 heterocycles. The van der Waals surface area contributed by atoms with Gasteiger partial charge in [0.05, 0.1) is 38.0 Å². The Hall–Kier alpha value is -2.58. The molecule has 1 unspecified atom stereocenters.